The number of benzene rings is 2. The van der Waals surface area contributed by atoms with E-state index in [0.29, 0.717) is 18.4 Å². The molecule has 5 rings (SSSR count). The molecule has 4 aromatic rings. The number of hydrogen-bond donors (Lipinski definition) is 3. The molecule has 1 aliphatic heterocycles. The quantitative estimate of drug-likeness (QED) is 0.290. The van der Waals surface area contributed by atoms with Gasteiger partial charge in [0.05, 0.1) is 24.0 Å². The van der Waals surface area contributed by atoms with Gasteiger partial charge in [0, 0.05) is 23.2 Å². The van der Waals surface area contributed by atoms with Crippen LogP contribution < -0.4 is 16.4 Å². The van der Waals surface area contributed by atoms with Gasteiger partial charge in [0.2, 0.25) is 11.9 Å². The van der Waals surface area contributed by atoms with Crippen LogP contribution in [0.25, 0.3) is 16.8 Å². The summed E-state index contributed by atoms with van der Waals surface area (Å²) in [6.45, 7) is 4.06. The molecule has 204 valence electrons. The van der Waals surface area contributed by atoms with Gasteiger partial charge in [-0.2, -0.15) is 0 Å². The third-order valence-electron chi connectivity index (χ3n) is 7.02. The predicted octanol–water partition coefficient (Wildman–Crippen LogP) is 3.53. The van der Waals surface area contributed by atoms with Gasteiger partial charge in [0.1, 0.15) is 5.88 Å². The topological polar surface area (TPSA) is 135 Å². The molecular formula is C28H33N7O3S. The van der Waals surface area contributed by atoms with Crippen LogP contribution in [0.2, 0.25) is 0 Å². The molecule has 1 fully saturated rings. The van der Waals surface area contributed by atoms with E-state index in [1.807, 2.05) is 53.9 Å². The van der Waals surface area contributed by atoms with Crippen molar-refractivity contribution in [2.75, 3.05) is 42.4 Å². The fourth-order valence-electron chi connectivity index (χ4n) is 5.14. The van der Waals surface area contributed by atoms with E-state index >= 15 is 0 Å². The van der Waals surface area contributed by atoms with E-state index in [2.05, 4.69) is 32.7 Å². The van der Waals surface area contributed by atoms with Gasteiger partial charge in [0.15, 0.2) is 9.84 Å². The van der Waals surface area contributed by atoms with Crippen molar-refractivity contribution < 1.29 is 13.2 Å². The van der Waals surface area contributed by atoms with Crippen LogP contribution >= 0.6 is 0 Å². The molecule has 2 aromatic heterocycles. The first-order valence-corrected chi connectivity index (χ1v) is 15.0. The number of carbonyl (C=O) groups excluding carboxylic acids is 1. The second-order valence-corrected chi connectivity index (χ2v) is 12.3. The maximum atomic E-state index is 11.7. The SMILES string of the molecule is Cc1cc2cnc(Nc3ccc(C4CCN(CC(N)=O)CC4)cc3)nn2c1-c1ccccc1NCS(C)(=O)=O. The lowest BCUT2D eigenvalue weighted by molar-refractivity contribution is -0.119. The normalized spacial score (nSPS) is 14.9. The summed E-state index contributed by atoms with van der Waals surface area (Å²) in [6.07, 6.45) is 4.96. The molecule has 0 unspecified atom stereocenters. The number of rotatable bonds is 9. The number of aryl methyl sites for hydroxylation is 1. The van der Waals surface area contributed by atoms with E-state index < -0.39 is 9.84 Å². The minimum Gasteiger partial charge on any atom is -0.371 e. The van der Waals surface area contributed by atoms with Crippen LogP contribution in [0.5, 0.6) is 0 Å². The lowest BCUT2D eigenvalue weighted by atomic mass is 9.89. The highest BCUT2D eigenvalue weighted by atomic mass is 32.2. The number of nitrogens with one attached hydrogen (secondary N) is 2. The standard InChI is InChI=1S/C28H33N7O3S/c1-19-15-23-16-30-28(33-35(23)27(19)24-5-3-4-6-25(24)31-18-39(2,37)38)32-22-9-7-20(8-10-22)21-11-13-34(14-12-21)17-26(29)36/h3-10,15-16,21,31H,11-14,17-18H2,1-2H3,(H2,29,36)(H,32,33). The molecule has 1 saturated heterocycles. The fourth-order valence-corrected chi connectivity index (χ4v) is 5.56. The van der Waals surface area contributed by atoms with Crippen LogP contribution in [0.4, 0.5) is 17.3 Å². The number of likely N-dealkylation sites (tertiary alicyclic amines) is 1. The van der Waals surface area contributed by atoms with Crippen LogP contribution in [0.15, 0.2) is 60.8 Å². The van der Waals surface area contributed by atoms with Gasteiger partial charge in [0.25, 0.3) is 0 Å². The molecule has 2 aromatic carbocycles. The molecule has 1 amide bonds. The third-order valence-corrected chi connectivity index (χ3v) is 7.69. The molecule has 0 radical (unpaired) electrons. The zero-order chi connectivity index (χ0) is 27.6. The summed E-state index contributed by atoms with van der Waals surface area (Å²) in [5.74, 6) is 0.474. The smallest absolute Gasteiger partial charge is 0.245 e. The van der Waals surface area contributed by atoms with Crippen molar-refractivity contribution in [2.24, 2.45) is 5.73 Å². The van der Waals surface area contributed by atoms with Gasteiger partial charge < -0.3 is 16.4 Å². The first-order valence-electron chi connectivity index (χ1n) is 12.9. The molecule has 0 bridgehead atoms. The van der Waals surface area contributed by atoms with Crippen LogP contribution in [0.3, 0.4) is 0 Å². The molecule has 0 saturated carbocycles. The van der Waals surface area contributed by atoms with Gasteiger partial charge in [-0.3, -0.25) is 9.69 Å². The van der Waals surface area contributed by atoms with E-state index in [1.54, 1.807) is 6.20 Å². The first kappa shape index (κ1) is 26.6. The summed E-state index contributed by atoms with van der Waals surface area (Å²) in [5, 5.41) is 11.1. The Bertz CT molecular complexity index is 1590. The number of nitrogens with zero attached hydrogens (tertiary/aromatic N) is 4. The summed E-state index contributed by atoms with van der Waals surface area (Å²) in [7, 11) is -3.19. The summed E-state index contributed by atoms with van der Waals surface area (Å²) < 4.78 is 25.3. The Balaban J connectivity index is 1.34. The Labute approximate surface area is 228 Å². The molecule has 3 heterocycles. The Kier molecular flexibility index (Phi) is 7.53. The highest BCUT2D eigenvalue weighted by Gasteiger charge is 2.21. The van der Waals surface area contributed by atoms with Crippen molar-refractivity contribution in [1.29, 1.82) is 0 Å². The monoisotopic (exact) mass is 547 g/mol. The number of carbonyl (C=O) groups is 1. The maximum Gasteiger partial charge on any atom is 0.245 e. The summed E-state index contributed by atoms with van der Waals surface area (Å²) in [6, 6.07) is 17.9. The van der Waals surface area contributed by atoms with E-state index in [4.69, 9.17) is 10.8 Å². The van der Waals surface area contributed by atoms with Gasteiger partial charge in [-0.05, 0) is 74.2 Å². The Hall–Kier alpha value is -3.96. The van der Waals surface area contributed by atoms with Crippen molar-refractivity contribution in [3.63, 3.8) is 0 Å². The molecule has 4 N–H and O–H groups in total. The van der Waals surface area contributed by atoms with Crippen LogP contribution in [0.1, 0.15) is 29.9 Å². The first-order chi connectivity index (χ1) is 18.7. The zero-order valence-electron chi connectivity index (χ0n) is 22.1. The maximum absolute atomic E-state index is 11.7. The number of para-hydroxylation sites is 1. The number of primary amides is 1. The highest BCUT2D eigenvalue weighted by molar-refractivity contribution is 7.90. The van der Waals surface area contributed by atoms with E-state index in [0.717, 1.165) is 59.6 Å². The fraction of sp³-hybridized carbons (Fsp3) is 0.321. The van der Waals surface area contributed by atoms with Crippen molar-refractivity contribution in [1.82, 2.24) is 19.5 Å². The Morgan fingerprint density at radius 2 is 1.82 bits per heavy atom. The number of fused-ring (bicyclic) bond motifs is 1. The zero-order valence-corrected chi connectivity index (χ0v) is 22.9. The van der Waals surface area contributed by atoms with E-state index in [-0.39, 0.29) is 11.8 Å². The van der Waals surface area contributed by atoms with Crippen molar-refractivity contribution in [2.45, 2.75) is 25.7 Å². The van der Waals surface area contributed by atoms with Gasteiger partial charge in [-0.1, -0.05) is 30.3 Å². The number of amides is 1. The minimum absolute atomic E-state index is 0.156. The minimum atomic E-state index is -3.19. The number of anilines is 3. The van der Waals surface area contributed by atoms with Crippen molar-refractivity contribution in [3.05, 3.63) is 71.9 Å². The van der Waals surface area contributed by atoms with E-state index in [9.17, 15) is 13.2 Å². The average Bonchev–Trinajstić information content (AvgIpc) is 3.22. The van der Waals surface area contributed by atoms with Crippen molar-refractivity contribution in [3.8, 4) is 11.3 Å². The predicted molar refractivity (Wildman–Crippen MR) is 154 cm³/mol. The molecule has 10 nitrogen and oxygen atoms in total. The third kappa shape index (κ3) is 6.37. The second-order valence-electron chi connectivity index (χ2n) is 10.2. The molecule has 0 atom stereocenters. The van der Waals surface area contributed by atoms with Crippen LogP contribution in [0, 0.1) is 6.92 Å². The van der Waals surface area contributed by atoms with Gasteiger partial charge >= 0.3 is 0 Å². The van der Waals surface area contributed by atoms with Crippen molar-refractivity contribution >= 4 is 38.6 Å². The lowest BCUT2D eigenvalue weighted by Gasteiger charge is -2.31. The lowest BCUT2D eigenvalue weighted by Crippen LogP contribution is -2.39. The molecule has 1 aliphatic rings. The molecule has 0 aliphatic carbocycles. The number of aromatic nitrogens is 3. The number of hydrogen-bond acceptors (Lipinski definition) is 8. The van der Waals surface area contributed by atoms with Crippen LogP contribution in [-0.2, 0) is 14.6 Å². The molecular weight excluding hydrogens is 514 g/mol. The molecule has 0 spiro atoms. The van der Waals surface area contributed by atoms with Gasteiger partial charge in [-0.15, -0.1) is 5.10 Å². The summed E-state index contributed by atoms with van der Waals surface area (Å²) in [5.41, 5.74) is 11.8. The van der Waals surface area contributed by atoms with Gasteiger partial charge in [-0.25, -0.2) is 17.9 Å². The molecule has 39 heavy (non-hydrogen) atoms. The largest absolute Gasteiger partial charge is 0.371 e. The van der Waals surface area contributed by atoms with E-state index in [1.165, 1.54) is 11.8 Å². The molecule has 11 heteroatoms. The number of piperidine rings is 1. The number of sulfone groups is 1. The Morgan fingerprint density at radius 1 is 1.10 bits per heavy atom. The average molecular weight is 548 g/mol. The second kappa shape index (κ2) is 11.0. The summed E-state index contributed by atoms with van der Waals surface area (Å²) >= 11 is 0. The summed E-state index contributed by atoms with van der Waals surface area (Å²) in [4.78, 5) is 17.8. The number of nitrogens with two attached hydrogens (primary N) is 1. The highest BCUT2D eigenvalue weighted by Crippen LogP contribution is 2.33. The van der Waals surface area contributed by atoms with Crippen LogP contribution in [-0.4, -0.2) is 65.6 Å². The Morgan fingerprint density at radius 3 is 2.51 bits per heavy atom.